The number of rotatable bonds is 8. The van der Waals surface area contributed by atoms with Crippen LogP contribution in [0.4, 0.5) is 0 Å². The summed E-state index contributed by atoms with van der Waals surface area (Å²) in [4.78, 5) is 16.4. The topological polar surface area (TPSA) is 20.3 Å². The Labute approximate surface area is 142 Å². The summed E-state index contributed by atoms with van der Waals surface area (Å²) >= 11 is 3.41. The molecule has 0 aromatic heterocycles. The number of hydrogen-bond donors (Lipinski definition) is 0. The molecule has 0 saturated heterocycles. The minimum absolute atomic E-state index is 0.218. The number of benzene rings is 1. The fourth-order valence-electron chi connectivity index (χ4n) is 2.72. The van der Waals surface area contributed by atoms with Crippen LogP contribution in [0.2, 0.25) is 0 Å². The van der Waals surface area contributed by atoms with Gasteiger partial charge >= 0.3 is 0 Å². The van der Waals surface area contributed by atoms with Gasteiger partial charge in [0.2, 0.25) is 5.91 Å². The van der Waals surface area contributed by atoms with Crippen molar-refractivity contribution in [3.8, 4) is 0 Å². The Balaban J connectivity index is 1.74. The molecule has 1 aromatic carbocycles. The second kappa shape index (κ2) is 8.94. The van der Waals surface area contributed by atoms with Crippen LogP contribution in [-0.4, -0.2) is 17.4 Å². The van der Waals surface area contributed by atoms with E-state index in [1.165, 1.54) is 11.1 Å². The van der Waals surface area contributed by atoms with Crippen molar-refractivity contribution in [3.63, 3.8) is 0 Å². The predicted molar refractivity (Wildman–Crippen MR) is 95.7 cm³/mol. The Morgan fingerprint density at radius 2 is 2.05 bits per heavy atom. The summed E-state index contributed by atoms with van der Waals surface area (Å²) < 4.78 is 0. The standard InChI is InChI=1S/C19H24BrNO/c1-2-16(14-20)8-6-7-11-18-12-13-21(19(18)22)15-17-9-4-3-5-10-17/h3-5,9-10,12,14H,2,6-8,11,13,15H2,1H3. The van der Waals surface area contributed by atoms with E-state index in [9.17, 15) is 4.79 Å². The molecule has 0 bridgehead atoms. The highest BCUT2D eigenvalue weighted by atomic mass is 79.9. The molecule has 1 aromatic rings. The van der Waals surface area contributed by atoms with E-state index >= 15 is 0 Å². The van der Waals surface area contributed by atoms with E-state index in [1.54, 1.807) is 0 Å². The Kier molecular flexibility index (Phi) is 6.91. The van der Waals surface area contributed by atoms with Crippen molar-refractivity contribution in [3.05, 3.63) is 58.1 Å². The van der Waals surface area contributed by atoms with Crippen LogP contribution in [0.1, 0.15) is 44.6 Å². The number of allylic oxidation sites excluding steroid dienone is 1. The third-order valence-corrected chi connectivity index (χ3v) is 4.79. The van der Waals surface area contributed by atoms with Crippen LogP contribution >= 0.6 is 15.9 Å². The predicted octanol–water partition coefficient (Wildman–Crippen LogP) is 5.20. The lowest BCUT2D eigenvalue weighted by Crippen LogP contribution is -2.26. The van der Waals surface area contributed by atoms with Gasteiger partial charge in [-0.25, -0.2) is 0 Å². The first-order chi connectivity index (χ1) is 10.7. The minimum atomic E-state index is 0.218. The summed E-state index contributed by atoms with van der Waals surface area (Å²) in [5, 5.41) is 0. The molecule has 0 atom stereocenters. The van der Waals surface area contributed by atoms with Crippen LogP contribution in [0.15, 0.2) is 52.5 Å². The highest BCUT2D eigenvalue weighted by Gasteiger charge is 2.22. The number of carbonyl (C=O) groups is 1. The van der Waals surface area contributed by atoms with Crippen molar-refractivity contribution in [2.75, 3.05) is 6.54 Å². The number of unbranched alkanes of at least 4 members (excludes halogenated alkanes) is 1. The maximum atomic E-state index is 12.4. The van der Waals surface area contributed by atoms with Gasteiger partial charge in [-0.3, -0.25) is 4.79 Å². The maximum Gasteiger partial charge on any atom is 0.250 e. The van der Waals surface area contributed by atoms with Gasteiger partial charge in [0.05, 0.1) is 0 Å². The zero-order valence-electron chi connectivity index (χ0n) is 13.2. The molecule has 1 aliphatic heterocycles. The lowest BCUT2D eigenvalue weighted by molar-refractivity contribution is -0.126. The van der Waals surface area contributed by atoms with Crippen LogP contribution in [0.3, 0.4) is 0 Å². The number of carbonyl (C=O) groups excluding carboxylic acids is 1. The molecule has 1 heterocycles. The van der Waals surface area contributed by atoms with Gasteiger partial charge in [0.15, 0.2) is 0 Å². The molecule has 0 radical (unpaired) electrons. The molecule has 0 saturated carbocycles. The molecule has 22 heavy (non-hydrogen) atoms. The number of amides is 1. The van der Waals surface area contributed by atoms with Crippen molar-refractivity contribution < 1.29 is 4.79 Å². The summed E-state index contributed by atoms with van der Waals surface area (Å²) in [6.07, 6.45) is 7.46. The molecule has 0 spiro atoms. The Morgan fingerprint density at radius 3 is 2.73 bits per heavy atom. The van der Waals surface area contributed by atoms with Crippen LogP contribution in [0.25, 0.3) is 0 Å². The van der Waals surface area contributed by atoms with Crippen molar-refractivity contribution in [2.24, 2.45) is 0 Å². The van der Waals surface area contributed by atoms with Gasteiger partial charge in [0.25, 0.3) is 0 Å². The molecule has 0 N–H and O–H groups in total. The van der Waals surface area contributed by atoms with Crippen molar-refractivity contribution in [1.82, 2.24) is 4.90 Å². The zero-order chi connectivity index (χ0) is 15.8. The molecule has 1 amide bonds. The molecule has 2 nitrogen and oxygen atoms in total. The van der Waals surface area contributed by atoms with Gasteiger partial charge in [0, 0.05) is 18.7 Å². The first kappa shape index (κ1) is 17.0. The molecular formula is C19H24BrNO. The van der Waals surface area contributed by atoms with Crippen LogP contribution in [0.5, 0.6) is 0 Å². The Hall–Kier alpha value is -1.35. The average molecular weight is 362 g/mol. The van der Waals surface area contributed by atoms with Crippen LogP contribution < -0.4 is 0 Å². The maximum absolute atomic E-state index is 12.4. The third kappa shape index (κ3) is 4.84. The molecule has 1 aliphatic rings. The van der Waals surface area contributed by atoms with E-state index in [0.717, 1.165) is 44.2 Å². The fourth-order valence-corrected chi connectivity index (χ4v) is 3.27. The largest absolute Gasteiger partial charge is 0.331 e. The van der Waals surface area contributed by atoms with E-state index in [-0.39, 0.29) is 5.91 Å². The quantitative estimate of drug-likeness (QED) is 0.582. The SMILES string of the molecule is CCC(=CBr)CCCCC1=CCN(Cc2ccccc2)C1=O. The van der Waals surface area contributed by atoms with Gasteiger partial charge in [-0.2, -0.15) is 0 Å². The molecule has 0 fully saturated rings. The van der Waals surface area contributed by atoms with E-state index in [4.69, 9.17) is 0 Å². The van der Waals surface area contributed by atoms with Gasteiger partial charge < -0.3 is 4.90 Å². The highest BCUT2D eigenvalue weighted by Crippen LogP contribution is 2.21. The van der Waals surface area contributed by atoms with Crippen LogP contribution in [-0.2, 0) is 11.3 Å². The van der Waals surface area contributed by atoms with Gasteiger partial charge in [-0.1, -0.05) is 64.8 Å². The molecule has 0 aliphatic carbocycles. The lowest BCUT2D eigenvalue weighted by atomic mass is 10.0. The summed E-state index contributed by atoms with van der Waals surface area (Å²) in [6.45, 7) is 3.65. The molecule has 0 unspecified atom stereocenters. The van der Waals surface area contributed by atoms with E-state index in [0.29, 0.717) is 6.54 Å². The third-order valence-electron chi connectivity index (χ3n) is 4.14. The zero-order valence-corrected chi connectivity index (χ0v) is 14.8. The molecule has 2 rings (SSSR count). The monoisotopic (exact) mass is 361 g/mol. The summed E-state index contributed by atoms with van der Waals surface area (Å²) in [5.41, 5.74) is 3.63. The van der Waals surface area contributed by atoms with Crippen molar-refractivity contribution in [2.45, 2.75) is 45.6 Å². The second-order valence-electron chi connectivity index (χ2n) is 5.73. The Morgan fingerprint density at radius 1 is 1.27 bits per heavy atom. The van der Waals surface area contributed by atoms with E-state index < -0.39 is 0 Å². The summed E-state index contributed by atoms with van der Waals surface area (Å²) in [5.74, 6) is 0.218. The van der Waals surface area contributed by atoms with Crippen LogP contribution in [0, 0.1) is 0 Å². The van der Waals surface area contributed by atoms with Crippen molar-refractivity contribution >= 4 is 21.8 Å². The molecule has 3 heteroatoms. The van der Waals surface area contributed by atoms with E-state index in [2.05, 4.69) is 41.1 Å². The molecule has 118 valence electrons. The summed E-state index contributed by atoms with van der Waals surface area (Å²) in [7, 11) is 0. The van der Waals surface area contributed by atoms with E-state index in [1.807, 2.05) is 28.1 Å². The minimum Gasteiger partial charge on any atom is -0.331 e. The number of hydrogen-bond acceptors (Lipinski definition) is 1. The highest BCUT2D eigenvalue weighted by molar-refractivity contribution is 9.11. The lowest BCUT2D eigenvalue weighted by Gasteiger charge is -2.16. The normalized spacial score (nSPS) is 15.4. The molecular weight excluding hydrogens is 338 g/mol. The average Bonchev–Trinajstić information content (AvgIpc) is 2.89. The Bertz CT molecular complexity index is 548. The number of halogens is 1. The van der Waals surface area contributed by atoms with Gasteiger partial charge in [-0.15, -0.1) is 0 Å². The fraction of sp³-hybridized carbons (Fsp3) is 0.421. The number of nitrogens with zero attached hydrogens (tertiary/aromatic N) is 1. The van der Waals surface area contributed by atoms with Gasteiger partial charge in [-0.05, 0) is 42.7 Å². The van der Waals surface area contributed by atoms with Crippen molar-refractivity contribution in [1.29, 1.82) is 0 Å². The second-order valence-corrected chi connectivity index (χ2v) is 6.19. The first-order valence-electron chi connectivity index (χ1n) is 8.05. The summed E-state index contributed by atoms with van der Waals surface area (Å²) in [6, 6.07) is 10.2. The smallest absolute Gasteiger partial charge is 0.250 e. The first-order valence-corrected chi connectivity index (χ1v) is 8.96. The van der Waals surface area contributed by atoms with Gasteiger partial charge in [0.1, 0.15) is 0 Å².